The monoisotopic (exact) mass is 377 g/mol. The number of halogens is 3. The average molecular weight is 378 g/mol. The molecule has 5 nitrogen and oxygen atoms in total. The Balaban J connectivity index is 2.35. The van der Waals surface area contributed by atoms with E-state index in [1.807, 2.05) is 0 Å². The van der Waals surface area contributed by atoms with Crippen molar-refractivity contribution in [1.82, 2.24) is 4.72 Å². The molecule has 2 aromatic carbocycles. The Labute approximate surface area is 143 Å². The van der Waals surface area contributed by atoms with Crippen molar-refractivity contribution in [2.75, 3.05) is 14.2 Å². The summed E-state index contributed by atoms with van der Waals surface area (Å²) in [7, 11) is -1.39. The van der Waals surface area contributed by atoms with E-state index in [1.54, 1.807) is 0 Å². The highest BCUT2D eigenvalue weighted by Gasteiger charge is 2.22. The molecule has 0 amide bonds. The minimum absolute atomic E-state index is 0.0779. The molecule has 0 spiro atoms. The smallest absolute Gasteiger partial charge is 0.244 e. The predicted molar refractivity (Wildman–Crippen MR) is 84.9 cm³/mol. The number of sulfonamides is 1. The fourth-order valence-electron chi connectivity index (χ4n) is 1.97. The fraction of sp³-hybridized carbons (Fsp3) is 0.200. The number of ether oxygens (including phenoxy) is 2. The molecule has 0 aliphatic heterocycles. The van der Waals surface area contributed by atoms with Crippen LogP contribution in [0.15, 0.2) is 35.2 Å². The third kappa shape index (κ3) is 3.77. The molecule has 0 aromatic heterocycles. The van der Waals surface area contributed by atoms with Gasteiger partial charge in [-0.3, -0.25) is 0 Å². The highest BCUT2D eigenvalue weighted by Crippen LogP contribution is 2.29. The van der Waals surface area contributed by atoms with Crippen LogP contribution in [0.4, 0.5) is 8.78 Å². The van der Waals surface area contributed by atoms with Crippen LogP contribution in [0.2, 0.25) is 5.02 Å². The molecule has 1 N–H and O–H groups in total. The molecule has 0 atom stereocenters. The van der Waals surface area contributed by atoms with Gasteiger partial charge in [0, 0.05) is 18.2 Å². The van der Waals surface area contributed by atoms with Gasteiger partial charge in [0.1, 0.15) is 28.0 Å². The quantitative estimate of drug-likeness (QED) is 0.786. The summed E-state index contributed by atoms with van der Waals surface area (Å²) in [6.07, 6.45) is 0. The molecule has 0 saturated carbocycles. The van der Waals surface area contributed by atoms with Crippen LogP contribution >= 0.6 is 11.6 Å². The zero-order valence-electron chi connectivity index (χ0n) is 12.8. The van der Waals surface area contributed by atoms with Crippen LogP contribution in [0.25, 0.3) is 0 Å². The lowest BCUT2D eigenvalue weighted by Gasteiger charge is -2.13. The van der Waals surface area contributed by atoms with Gasteiger partial charge in [0.2, 0.25) is 10.0 Å². The maximum Gasteiger partial charge on any atom is 0.244 e. The molecule has 130 valence electrons. The average Bonchev–Trinajstić information content (AvgIpc) is 2.57. The molecule has 2 rings (SSSR count). The summed E-state index contributed by atoms with van der Waals surface area (Å²) in [6, 6.07) is 5.94. The van der Waals surface area contributed by atoms with Crippen LogP contribution in [0.5, 0.6) is 11.5 Å². The van der Waals surface area contributed by atoms with E-state index in [-0.39, 0.29) is 16.2 Å². The lowest BCUT2D eigenvalue weighted by atomic mass is 10.2. The summed E-state index contributed by atoms with van der Waals surface area (Å²) in [5.41, 5.74) is -0.290. The van der Waals surface area contributed by atoms with Crippen LogP contribution in [0, 0.1) is 11.6 Å². The van der Waals surface area contributed by atoms with Crippen LogP contribution in [-0.4, -0.2) is 22.6 Å². The van der Waals surface area contributed by atoms with Gasteiger partial charge in [-0.2, -0.15) is 0 Å². The Morgan fingerprint density at radius 2 is 1.75 bits per heavy atom. The Hall–Kier alpha value is -1.90. The van der Waals surface area contributed by atoms with Crippen molar-refractivity contribution < 1.29 is 26.7 Å². The Kier molecular flexibility index (Phi) is 5.63. The van der Waals surface area contributed by atoms with E-state index in [0.29, 0.717) is 5.75 Å². The first-order chi connectivity index (χ1) is 11.3. The van der Waals surface area contributed by atoms with Crippen molar-refractivity contribution in [2.45, 2.75) is 11.4 Å². The predicted octanol–water partition coefficient (Wildman–Crippen LogP) is 3.11. The molecule has 0 bridgehead atoms. The summed E-state index contributed by atoms with van der Waals surface area (Å²) >= 11 is 5.69. The van der Waals surface area contributed by atoms with E-state index in [2.05, 4.69) is 4.72 Å². The lowest BCUT2D eigenvalue weighted by molar-refractivity contribution is 0.392. The van der Waals surface area contributed by atoms with Gasteiger partial charge in [-0.05, 0) is 24.3 Å². The third-order valence-corrected chi connectivity index (χ3v) is 5.07. The minimum Gasteiger partial charge on any atom is -0.497 e. The molecule has 0 saturated heterocycles. The van der Waals surface area contributed by atoms with Crippen molar-refractivity contribution in [1.29, 1.82) is 0 Å². The van der Waals surface area contributed by atoms with Gasteiger partial charge in [-0.25, -0.2) is 21.9 Å². The molecule has 24 heavy (non-hydrogen) atoms. The summed E-state index contributed by atoms with van der Waals surface area (Å²) < 4.78 is 64.2. The van der Waals surface area contributed by atoms with Gasteiger partial charge in [-0.1, -0.05) is 11.6 Å². The van der Waals surface area contributed by atoms with Crippen LogP contribution < -0.4 is 14.2 Å². The zero-order valence-corrected chi connectivity index (χ0v) is 14.3. The molecule has 9 heteroatoms. The molecular formula is C15H14ClF2NO4S. The summed E-state index contributed by atoms with van der Waals surface area (Å²) in [5.74, 6) is -1.28. The Bertz CT molecular complexity index is 859. The number of methoxy groups -OCH3 is 2. The Morgan fingerprint density at radius 1 is 1.08 bits per heavy atom. The topological polar surface area (TPSA) is 64.6 Å². The summed E-state index contributed by atoms with van der Waals surface area (Å²) in [4.78, 5) is -0.197. The number of nitrogens with one attached hydrogen (secondary N) is 1. The van der Waals surface area contributed by atoms with Gasteiger partial charge in [-0.15, -0.1) is 0 Å². The van der Waals surface area contributed by atoms with Crippen LogP contribution in [0.1, 0.15) is 5.56 Å². The molecule has 0 aliphatic carbocycles. The van der Waals surface area contributed by atoms with E-state index < -0.39 is 33.2 Å². The number of benzene rings is 2. The molecule has 0 unspecified atom stereocenters. The second-order valence-electron chi connectivity index (χ2n) is 4.66. The molecule has 0 fully saturated rings. The molecular weight excluding hydrogens is 364 g/mol. The lowest BCUT2D eigenvalue weighted by Crippen LogP contribution is -2.24. The Morgan fingerprint density at radius 3 is 2.38 bits per heavy atom. The standard InChI is InChI=1S/C15H14ClF2NO4S/c1-22-9-3-6-13(23-2)14(7-9)24(20,21)19-8-10-11(17)4-5-12(18)15(10)16/h3-7,19H,8H2,1-2H3. The van der Waals surface area contributed by atoms with E-state index in [1.165, 1.54) is 32.4 Å². The van der Waals surface area contributed by atoms with Crippen molar-refractivity contribution in [2.24, 2.45) is 0 Å². The third-order valence-electron chi connectivity index (χ3n) is 3.24. The first-order valence-electron chi connectivity index (χ1n) is 6.64. The van der Waals surface area contributed by atoms with Crippen LogP contribution in [-0.2, 0) is 16.6 Å². The van der Waals surface area contributed by atoms with Gasteiger partial charge in [0.05, 0.1) is 19.2 Å². The molecule has 0 heterocycles. The molecule has 0 radical (unpaired) electrons. The second-order valence-corrected chi connectivity index (χ2v) is 6.78. The summed E-state index contributed by atoms with van der Waals surface area (Å²) in [6.45, 7) is -0.523. The number of rotatable bonds is 6. The number of hydrogen-bond acceptors (Lipinski definition) is 4. The normalized spacial score (nSPS) is 11.4. The fourth-order valence-corrected chi connectivity index (χ4v) is 3.37. The first kappa shape index (κ1) is 18.4. The van der Waals surface area contributed by atoms with Gasteiger partial charge in [0.15, 0.2) is 0 Å². The van der Waals surface area contributed by atoms with E-state index >= 15 is 0 Å². The highest BCUT2D eigenvalue weighted by atomic mass is 35.5. The first-order valence-corrected chi connectivity index (χ1v) is 8.50. The van der Waals surface area contributed by atoms with Crippen LogP contribution in [0.3, 0.4) is 0 Å². The summed E-state index contributed by atoms with van der Waals surface area (Å²) in [5, 5.41) is -0.477. The zero-order chi connectivity index (χ0) is 17.9. The van der Waals surface area contributed by atoms with Crippen molar-refractivity contribution >= 4 is 21.6 Å². The minimum atomic E-state index is -4.08. The highest BCUT2D eigenvalue weighted by molar-refractivity contribution is 7.89. The molecule has 0 aliphatic rings. The second kappa shape index (κ2) is 7.33. The van der Waals surface area contributed by atoms with Gasteiger partial charge < -0.3 is 9.47 Å². The maximum absolute atomic E-state index is 13.7. The largest absolute Gasteiger partial charge is 0.497 e. The SMILES string of the molecule is COc1ccc(OC)c(S(=O)(=O)NCc2c(F)ccc(F)c2Cl)c1. The van der Waals surface area contributed by atoms with Gasteiger partial charge >= 0.3 is 0 Å². The number of hydrogen-bond donors (Lipinski definition) is 1. The maximum atomic E-state index is 13.7. The van der Waals surface area contributed by atoms with Crippen molar-refractivity contribution in [3.8, 4) is 11.5 Å². The van der Waals surface area contributed by atoms with E-state index in [4.69, 9.17) is 21.1 Å². The molecule has 2 aromatic rings. The van der Waals surface area contributed by atoms with Crippen molar-refractivity contribution in [3.05, 3.63) is 52.6 Å². The van der Waals surface area contributed by atoms with E-state index in [0.717, 1.165) is 12.1 Å². The van der Waals surface area contributed by atoms with E-state index in [9.17, 15) is 17.2 Å². The van der Waals surface area contributed by atoms with Gasteiger partial charge in [0.25, 0.3) is 0 Å². The van der Waals surface area contributed by atoms with Crippen molar-refractivity contribution in [3.63, 3.8) is 0 Å².